The van der Waals surface area contributed by atoms with Crippen molar-refractivity contribution in [3.63, 3.8) is 0 Å². The number of halogens is 1. The molecule has 0 fully saturated rings. The first-order chi connectivity index (χ1) is 15.0. The molecule has 0 bridgehead atoms. The highest BCUT2D eigenvalue weighted by Gasteiger charge is 2.07. The number of benzene rings is 2. The molecular weight excluding hydrogens is 521 g/mol. The van der Waals surface area contributed by atoms with Crippen molar-refractivity contribution in [1.29, 1.82) is 0 Å². The van der Waals surface area contributed by atoms with Crippen molar-refractivity contribution in [3.8, 4) is 17.2 Å². The molecule has 3 aromatic rings. The lowest BCUT2D eigenvalue weighted by atomic mass is 10.1. The highest BCUT2D eigenvalue weighted by Crippen LogP contribution is 2.19. The minimum Gasteiger partial charge on any atom is -0.508 e. The number of nitrogens with one attached hydrogen (secondary N) is 3. The van der Waals surface area contributed by atoms with Gasteiger partial charge in [-0.15, -0.1) is 24.0 Å². The molecule has 0 aliphatic carbocycles. The van der Waals surface area contributed by atoms with Crippen molar-refractivity contribution in [2.75, 3.05) is 19.6 Å². The van der Waals surface area contributed by atoms with Crippen LogP contribution >= 0.6 is 24.0 Å². The van der Waals surface area contributed by atoms with Gasteiger partial charge in [-0.1, -0.05) is 17.7 Å². The van der Waals surface area contributed by atoms with E-state index in [-0.39, 0.29) is 35.6 Å². The van der Waals surface area contributed by atoms with Crippen LogP contribution in [0.1, 0.15) is 28.5 Å². The fourth-order valence-electron chi connectivity index (χ4n) is 2.78. The summed E-state index contributed by atoms with van der Waals surface area (Å²) in [5.41, 5.74) is 3.33. The Kier molecular flexibility index (Phi) is 9.99. The summed E-state index contributed by atoms with van der Waals surface area (Å²) in [6.07, 6.45) is 1.61. The lowest BCUT2D eigenvalue weighted by Gasteiger charge is -2.11. The lowest BCUT2D eigenvalue weighted by molar-refractivity contribution is 0.0954. The number of oxazole rings is 1. The van der Waals surface area contributed by atoms with Gasteiger partial charge in [0.05, 0.1) is 6.54 Å². The van der Waals surface area contributed by atoms with Gasteiger partial charge in [-0.25, -0.2) is 9.98 Å². The number of nitrogens with zero attached hydrogens (tertiary/aromatic N) is 2. The number of hydrogen-bond acceptors (Lipinski definition) is 5. The zero-order valence-corrected chi connectivity index (χ0v) is 20.4. The Bertz CT molecular complexity index is 1020. The van der Waals surface area contributed by atoms with Crippen LogP contribution in [0.25, 0.3) is 11.5 Å². The average molecular weight is 549 g/mol. The van der Waals surface area contributed by atoms with Gasteiger partial charge in [0.25, 0.3) is 5.91 Å². The van der Waals surface area contributed by atoms with Crippen LogP contribution in [-0.4, -0.2) is 41.6 Å². The summed E-state index contributed by atoms with van der Waals surface area (Å²) < 4.78 is 5.57. The molecule has 1 aromatic heterocycles. The van der Waals surface area contributed by atoms with Gasteiger partial charge in [-0.2, -0.15) is 0 Å². The molecule has 32 heavy (non-hydrogen) atoms. The quantitative estimate of drug-likeness (QED) is 0.148. The summed E-state index contributed by atoms with van der Waals surface area (Å²) in [7, 11) is 0. The molecule has 1 heterocycles. The molecule has 0 saturated heterocycles. The average Bonchev–Trinajstić information content (AvgIpc) is 3.25. The number of phenols is 1. The maximum absolute atomic E-state index is 12.1. The zero-order valence-electron chi connectivity index (χ0n) is 18.1. The van der Waals surface area contributed by atoms with E-state index in [9.17, 15) is 9.90 Å². The minimum atomic E-state index is -0.199. The third-order valence-corrected chi connectivity index (χ3v) is 4.43. The fourth-order valence-corrected chi connectivity index (χ4v) is 2.78. The molecule has 4 N–H and O–H groups in total. The van der Waals surface area contributed by atoms with Crippen LogP contribution in [0.3, 0.4) is 0 Å². The fraction of sp³-hybridized carbons (Fsp3) is 0.261. The van der Waals surface area contributed by atoms with Crippen molar-refractivity contribution in [3.05, 3.63) is 71.6 Å². The molecule has 0 radical (unpaired) electrons. The maximum Gasteiger partial charge on any atom is 0.251 e. The maximum atomic E-state index is 12.1. The molecule has 0 unspecified atom stereocenters. The summed E-state index contributed by atoms with van der Waals surface area (Å²) in [6, 6.07) is 14.1. The monoisotopic (exact) mass is 549 g/mol. The van der Waals surface area contributed by atoms with Crippen LogP contribution in [0, 0.1) is 6.92 Å². The molecule has 9 heteroatoms. The number of aromatic hydroxyl groups is 1. The van der Waals surface area contributed by atoms with Gasteiger partial charge in [0.2, 0.25) is 5.89 Å². The number of aliphatic imine (C=N–C) groups is 1. The van der Waals surface area contributed by atoms with E-state index in [1.807, 2.05) is 38.1 Å². The molecule has 170 valence electrons. The molecule has 0 atom stereocenters. The minimum absolute atomic E-state index is 0. The SMILES string of the molecule is CCNC(=NCc1coc(-c2ccc(C)cc2)n1)NCCNC(=O)c1ccc(O)cc1.I. The normalized spacial score (nSPS) is 10.9. The molecule has 0 aliphatic heterocycles. The van der Waals surface area contributed by atoms with E-state index in [1.54, 1.807) is 18.4 Å². The number of guanidine groups is 1. The molecule has 0 saturated carbocycles. The van der Waals surface area contributed by atoms with E-state index >= 15 is 0 Å². The van der Waals surface area contributed by atoms with Crippen LogP contribution in [-0.2, 0) is 6.54 Å². The Morgan fingerprint density at radius 2 is 1.72 bits per heavy atom. The van der Waals surface area contributed by atoms with Gasteiger partial charge >= 0.3 is 0 Å². The van der Waals surface area contributed by atoms with Gasteiger partial charge in [-0.05, 0) is 50.2 Å². The second-order valence-electron chi connectivity index (χ2n) is 6.93. The van der Waals surface area contributed by atoms with Crippen molar-refractivity contribution < 1.29 is 14.3 Å². The zero-order chi connectivity index (χ0) is 22.1. The molecule has 2 aromatic carbocycles. The second-order valence-corrected chi connectivity index (χ2v) is 6.93. The highest BCUT2D eigenvalue weighted by molar-refractivity contribution is 14.0. The van der Waals surface area contributed by atoms with Crippen molar-refractivity contribution in [2.24, 2.45) is 4.99 Å². The predicted octanol–water partition coefficient (Wildman–Crippen LogP) is 3.46. The first-order valence-corrected chi connectivity index (χ1v) is 10.2. The molecule has 1 amide bonds. The van der Waals surface area contributed by atoms with E-state index < -0.39 is 0 Å². The Hall–Kier alpha value is -3.08. The van der Waals surface area contributed by atoms with Crippen LogP contribution in [0.5, 0.6) is 5.75 Å². The first-order valence-electron chi connectivity index (χ1n) is 10.2. The van der Waals surface area contributed by atoms with Crippen LogP contribution in [0.15, 0.2) is 64.2 Å². The summed E-state index contributed by atoms with van der Waals surface area (Å²) in [4.78, 5) is 21.1. The Morgan fingerprint density at radius 3 is 2.41 bits per heavy atom. The number of aromatic nitrogens is 1. The number of amides is 1. The number of hydrogen-bond donors (Lipinski definition) is 4. The number of carbonyl (C=O) groups is 1. The molecule has 0 spiro atoms. The van der Waals surface area contributed by atoms with Crippen molar-refractivity contribution in [2.45, 2.75) is 20.4 Å². The van der Waals surface area contributed by atoms with Gasteiger partial charge in [0.1, 0.15) is 17.7 Å². The topological polar surface area (TPSA) is 112 Å². The van der Waals surface area contributed by atoms with E-state index in [1.165, 1.54) is 17.7 Å². The highest BCUT2D eigenvalue weighted by atomic mass is 127. The Labute approximate surface area is 204 Å². The van der Waals surface area contributed by atoms with Crippen LogP contribution in [0.2, 0.25) is 0 Å². The third kappa shape index (κ3) is 7.56. The standard InChI is InChI=1S/C23H27N5O3.HI/c1-3-24-23(26-13-12-25-21(30)17-8-10-20(29)11-9-17)27-14-19-15-31-22(28-19)18-6-4-16(2)5-7-18;/h4-11,15,29H,3,12-14H2,1-2H3,(H,25,30)(H2,24,26,27);1H. The Balaban J connectivity index is 0.00000363. The van der Waals surface area contributed by atoms with Gasteiger partial charge < -0.3 is 25.5 Å². The van der Waals surface area contributed by atoms with E-state index in [0.717, 1.165) is 11.3 Å². The number of aryl methyl sites for hydroxylation is 1. The van der Waals surface area contributed by atoms with Gasteiger partial charge in [-0.3, -0.25) is 4.79 Å². The predicted molar refractivity (Wildman–Crippen MR) is 135 cm³/mol. The summed E-state index contributed by atoms with van der Waals surface area (Å²) in [5.74, 6) is 1.12. The summed E-state index contributed by atoms with van der Waals surface area (Å²) in [5, 5.41) is 18.5. The summed E-state index contributed by atoms with van der Waals surface area (Å²) in [6.45, 7) is 6.02. The van der Waals surface area contributed by atoms with Crippen molar-refractivity contribution in [1.82, 2.24) is 20.9 Å². The lowest BCUT2D eigenvalue weighted by Crippen LogP contribution is -2.41. The first kappa shape index (κ1) is 25.2. The van der Waals surface area contributed by atoms with Gasteiger partial charge in [0.15, 0.2) is 5.96 Å². The molecule has 3 rings (SSSR count). The number of rotatable bonds is 8. The molecule has 8 nitrogen and oxygen atoms in total. The second kappa shape index (κ2) is 12.7. The van der Waals surface area contributed by atoms with Gasteiger partial charge in [0, 0.05) is 30.8 Å². The van der Waals surface area contributed by atoms with E-state index in [4.69, 9.17) is 4.42 Å². The Morgan fingerprint density at radius 1 is 1.03 bits per heavy atom. The number of carbonyl (C=O) groups excluding carboxylic acids is 1. The van der Waals surface area contributed by atoms with E-state index in [0.29, 0.717) is 43.6 Å². The molecular formula is C23H28IN5O3. The van der Waals surface area contributed by atoms with E-state index in [2.05, 4.69) is 25.9 Å². The smallest absolute Gasteiger partial charge is 0.251 e. The van der Waals surface area contributed by atoms with Crippen LogP contribution in [0.4, 0.5) is 0 Å². The number of phenolic OH excluding ortho intramolecular Hbond substituents is 1. The molecule has 0 aliphatic rings. The van der Waals surface area contributed by atoms with Crippen molar-refractivity contribution >= 4 is 35.8 Å². The van der Waals surface area contributed by atoms with Crippen LogP contribution < -0.4 is 16.0 Å². The summed E-state index contributed by atoms with van der Waals surface area (Å²) >= 11 is 0. The largest absolute Gasteiger partial charge is 0.508 e. The third-order valence-electron chi connectivity index (χ3n) is 4.43.